The minimum absolute atomic E-state index is 0.183. The predicted octanol–water partition coefficient (Wildman–Crippen LogP) is 3.05. The van der Waals surface area contributed by atoms with Crippen LogP contribution in [0.2, 0.25) is 0 Å². The van der Waals surface area contributed by atoms with Crippen LogP contribution in [0.4, 0.5) is 4.39 Å². The molecule has 1 aliphatic heterocycles. The van der Waals surface area contributed by atoms with Gasteiger partial charge in [-0.25, -0.2) is 12.8 Å². The number of aromatic nitrogens is 2. The van der Waals surface area contributed by atoms with E-state index in [1.165, 1.54) is 22.5 Å². The van der Waals surface area contributed by atoms with Crippen molar-refractivity contribution in [1.82, 2.24) is 14.4 Å². The molecule has 0 spiro atoms. The molecule has 1 atom stereocenters. The molecular weight excluding hydrogens is 357 g/mol. The standard InChI is InChI=1S/C18H16FN3O3S/c19-15-8-4-5-9-16(15)26(23,24)22-11-10-14(12-22)17-20-18(25-21-17)13-6-2-1-3-7-13/h1-9,14H,10-12H2/t14-/m0/s1. The van der Waals surface area contributed by atoms with E-state index in [4.69, 9.17) is 4.52 Å². The van der Waals surface area contributed by atoms with Crippen LogP contribution in [0.15, 0.2) is 64.0 Å². The first-order valence-corrected chi connectivity index (χ1v) is 9.63. The van der Waals surface area contributed by atoms with Gasteiger partial charge in [0.1, 0.15) is 10.7 Å². The van der Waals surface area contributed by atoms with Gasteiger partial charge in [-0.15, -0.1) is 0 Å². The molecule has 0 N–H and O–H groups in total. The van der Waals surface area contributed by atoms with Gasteiger partial charge in [0.25, 0.3) is 5.89 Å². The molecule has 1 aliphatic rings. The van der Waals surface area contributed by atoms with Crippen molar-refractivity contribution in [3.05, 3.63) is 66.2 Å². The molecule has 0 aliphatic carbocycles. The summed E-state index contributed by atoms with van der Waals surface area (Å²) in [5, 5.41) is 4.00. The number of halogens is 1. The van der Waals surface area contributed by atoms with E-state index in [1.807, 2.05) is 30.3 Å². The summed E-state index contributed by atoms with van der Waals surface area (Å²) in [4.78, 5) is 4.09. The fourth-order valence-electron chi connectivity index (χ4n) is 3.05. The summed E-state index contributed by atoms with van der Waals surface area (Å²) in [5.74, 6) is -0.0641. The Kier molecular flexibility index (Phi) is 4.29. The number of benzene rings is 2. The molecule has 1 fully saturated rings. The lowest BCUT2D eigenvalue weighted by atomic mass is 10.1. The van der Waals surface area contributed by atoms with Crippen LogP contribution in [0.25, 0.3) is 11.5 Å². The molecule has 2 heterocycles. The van der Waals surface area contributed by atoms with Gasteiger partial charge in [-0.2, -0.15) is 9.29 Å². The van der Waals surface area contributed by atoms with Crippen LogP contribution in [0, 0.1) is 5.82 Å². The summed E-state index contributed by atoms with van der Waals surface area (Å²) >= 11 is 0. The van der Waals surface area contributed by atoms with Gasteiger partial charge in [-0.3, -0.25) is 0 Å². The first-order chi connectivity index (χ1) is 12.6. The van der Waals surface area contributed by atoms with Crippen LogP contribution < -0.4 is 0 Å². The second-order valence-electron chi connectivity index (χ2n) is 6.10. The summed E-state index contributed by atoms with van der Waals surface area (Å²) in [6.07, 6.45) is 0.557. The minimum atomic E-state index is -3.88. The lowest BCUT2D eigenvalue weighted by molar-refractivity contribution is 0.414. The van der Waals surface area contributed by atoms with Crippen molar-refractivity contribution < 1.29 is 17.3 Å². The quantitative estimate of drug-likeness (QED) is 0.703. The second-order valence-corrected chi connectivity index (χ2v) is 8.01. The average Bonchev–Trinajstić information content (AvgIpc) is 3.32. The van der Waals surface area contributed by atoms with Crippen LogP contribution >= 0.6 is 0 Å². The Balaban J connectivity index is 1.54. The van der Waals surface area contributed by atoms with Gasteiger partial charge >= 0.3 is 0 Å². The van der Waals surface area contributed by atoms with Crippen LogP contribution in [-0.4, -0.2) is 36.0 Å². The zero-order valence-corrected chi connectivity index (χ0v) is 14.6. The minimum Gasteiger partial charge on any atom is -0.334 e. The SMILES string of the molecule is O=S(=O)(c1ccccc1F)N1CC[C@H](c2noc(-c3ccccc3)n2)C1. The monoisotopic (exact) mass is 373 g/mol. The van der Waals surface area contributed by atoms with Gasteiger partial charge in [-0.05, 0) is 30.7 Å². The van der Waals surface area contributed by atoms with E-state index >= 15 is 0 Å². The highest BCUT2D eigenvalue weighted by atomic mass is 32.2. The maximum absolute atomic E-state index is 13.9. The Hall–Kier alpha value is -2.58. The lowest BCUT2D eigenvalue weighted by Crippen LogP contribution is -2.29. The molecule has 8 heteroatoms. The molecular formula is C18H16FN3O3S. The van der Waals surface area contributed by atoms with E-state index in [0.717, 1.165) is 11.6 Å². The fourth-order valence-corrected chi connectivity index (χ4v) is 4.61. The van der Waals surface area contributed by atoms with E-state index in [0.29, 0.717) is 18.1 Å². The van der Waals surface area contributed by atoms with Gasteiger partial charge < -0.3 is 4.52 Å². The van der Waals surface area contributed by atoms with E-state index < -0.39 is 15.8 Å². The van der Waals surface area contributed by atoms with Crippen molar-refractivity contribution in [2.45, 2.75) is 17.2 Å². The van der Waals surface area contributed by atoms with Crippen molar-refractivity contribution in [2.24, 2.45) is 0 Å². The van der Waals surface area contributed by atoms with Crippen molar-refractivity contribution in [1.29, 1.82) is 0 Å². The topological polar surface area (TPSA) is 76.3 Å². The van der Waals surface area contributed by atoms with Crippen LogP contribution in [0.5, 0.6) is 0 Å². The van der Waals surface area contributed by atoms with Crippen molar-refractivity contribution in [3.8, 4) is 11.5 Å². The molecule has 6 nitrogen and oxygen atoms in total. The molecule has 0 bridgehead atoms. The van der Waals surface area contributed by atoms with E-state index in [-0.39, 0.29) is 23.9 Å². The summed E-state index contributed by atoms with van der Waals surface area (Å²) < 4.78 is 45.8. The Morgan fingerprint density at radius 2 is 1.81 bits per heavy atom. The maximum atomic E-state index is 13.9. The summed E-state index contributed by atoms with van der Waals surface area (Å²) in [5.41, 5.74) is 0.806. The first kappa shape index (κ1) is 16.9. The van der Waals surface area contributed by atoms with Crippen molar-refractivity contribution in [3.63, 3.8) is 0 Å². The molecule has 0 radical (unpaired) electrons. The average molecular weight is 373 g/mol. The zero-order valence-electron chi connectivity index (χ0n) is 13.7. The van der Waals surface area contributed by atoms with Crippen LogP contribution in [0.1, 0.15) is 18.2 Å². The number of hydrogen-bond donors (Lipinski definition) is 0. The third kappa shape index (κ3) is 3.02. The van der Waals surface area contributed by atoms with Crippen molar-refractivity contribution >= 4 is 10.0 Å². The largest absolute Gasteiger partial charge is 0.334 e. The number of sulfonamides is 1. The van der Waals surface area contributed by atoms with E-state index in [1.54, 1.807) is 0 Å². The zero-order chi connectivity index (χ0) is 18.1. The van der Waals surface area contributed by atoms with Gasteiger partial charge in [0.2, 0.25) is 10.0 Å². The van der Waals surface area contributed by atoms with E-state index in [9.17, 15) is 12.8 Å². The molecule has 0 amide bonds. The maximum Gasteiger partial charge on any atom is 0.257 e. The van der Waals surface area contributed by atoms with E-state index in [2.05, 4.69) is 10.1 Å². The molecule has 0 saturated carbocycles. The molecule has 3 aromatic rings. The summed E-state index contributed by atoms with van der Waals surface area (Å²) in [7, 11) is -3.88. The van der Waals surface area contributed by atoms with Gasteiger partial charge in [0.15, 0.2) is 5.82 Å². The van der Waals surface area contributed by atoms with Gasteiger partial charge in [0.05, 0.1) is 0 Å². The van der Waals surface area contributed by atoms with Crippen molar-refractivity contribution in [2.75, 3.05) is 13.1 Å². The molecule has 0 unspecified atom stereocenters. The molecule has 2 aromatic carbocycles. The highest BCUT2D eigenvalue weighted by molar-refractivity contribution is 7.89. The molecule has 4 rings (SSSR count). The highest BCUT2D eigenvalue weighted by Gasteiger charge is 2.36. The summed E-state index contributed by atoms with van der Waals surface area (Å²) in [6.45, 7) is 0.487. The predicted molar refractivity (Wildman–Crippen MR) is 92.3 cm³/mol. The molecule has 1 aromatic heterocycles. The third-order valence-corrected chi connectivity index (χ3v) is 6.33. The Labute approximate surface area is 150 Å². The Bertz CT molecular complexity index is 1020. The van der Waals surface area contributed by atoms with Crippen LogP contribution in [-0.2, 0) is 10.0 Å². The fraction of sp³-hybridized carbons (Fsp3) is 0.222. The molecule has 26 heavy (non-hydrogen) atoms. The number of nitrogens with zero attached hydrogens (tertiary/aromatic N) is 3. The van der Waals surface area contributed by atoms with Crippen LogP contribution in [0.3, 0.4) is 0 Å². The lowest BCUT2D eigenvalue weighted by Gasteiger charge is -2.16. The number of hydrogen-bond acceptors (Lipinski definition) is 5. The Morgan fingerprint density at radius 3 is 2.58 bits per heavy atom. The Morgan fingerprint density at radius 1 is 1.08 bits per heavy atom. The summed E-state index contributed by atoms with van der Waals surface area (Å²) in [6, 6.07) is 14.8. The normalized spacial score (nSPS) is 18.3. The molecule has 1 saturated heterocycles. The third-order valence-electron chi connectivity index (χ3n) is 4.43. The second kappa shape index (κ2) is 6.62. The van der Waals surface area contributed by atoms with Gasteiger partial charge in [-0.1, -0.05) is 35.5 Å². The molecule has 134 valence electrons. The highest BCUT2D eigenvalue weighted by Crippen LogP contribution is 2.31. The first-order valence-electron chi connectivity index (χ1n) is 8.19. The van der Waals surface area contributed by atoms with Gasteiger partial charge in [0, 0.05) is 24.6 Å². The smallest absolute Gasteiger partial charge is 0.257 e. The number of rotatable bonds is 4.